The topological polar surface area (TPSA) is 113 Å². The molecule has 144 valence electrons. The Morgan fingerprint density at radius 2 is 2.00 bits per heavy atom. The van der Waals surface area contributed by atoms with Gasteiger partial charge in [0, 0.05) is 11.1 Å². The van der Waals surface area contributed by atoms with Gasteiger partial charge in [-0.3, -0.25) is 0 Å². The van der Waals surface area contributed by atoms with Gasteiger partial charge in [0.25, 0.3) is 5.95 Å². The summed E-state index contributed by atoms with van der Waals surface area (Å²) in [6, 6.07) is 15.3. The molecule has 0 unspecified atom stereocenters. The number of rotatable bonds is 4. The van der Waals surface area contributed by atoms with Crippen LogP contribution in [0.1, 0.15) is 5.56 Å². The van der Waals surface area contributed by atoms with Gasteiger partial charge in [-0.15, -0.1) is 20.4 Å². The van der Waals surface area contributed by atoms with E-state index in [4.69, 9.17) is 4.74 Å². The number of H-pyrrole nitrogens is 1. The third-order valence-corrected chi connectivity index (χ3v) is 5.39. The van der Waals surface area contributed by atoms with Crippen LogP contribution < -0.4 is 4.74 Å². The molecule has 4 aromatic rings. The van der Waals surface area contributed by atoms with Crippen molar-refractivity contribution in [3.05, 3.63) is 54.1 Å². The van der Waals surface area contributed by atoms with E-state index in [9.17, 15) is 5.11 Å². The van der Waals surface area contributed by atoms with Crippen LogP contribution in [0.15, 0.2) is 69.0 Å². The lowest BCUT2D eigenvalue weighted by Gasteiger charge is -2.12. The van der Waals surface area contributed by atoms with Crippen molar-refractivity contribution in [2.24, 2.45) is 15.3 Å². The molecule has 0 atom stereocenters. The quantitative estimate of drug-likeness (QED) is 0.493. The number of benzene rings is 2. The number of methoxy groups -OCH3 is 1. The average Bonchev–Trinajstić information content (AvgIpc) is 3.31. The Kier molecular flexibility index (Phi) is 4.24. The van der Waals surface area contributed by atoms with E-state index in [2.05, 4.69) is 30.5 Å². The second kappa shape index (κ2) is 7.06. The van der Waals surface area contributed by atoms with Crippen LogP contribution in [0.4, 0.5) is 11.6 Å². The summed E-state index contributed by atoms with van der Waals surface area (Å²) in [6.45, 7) is 0. The summed E-state index contributed by atoms with van der Waals surface area (Å²) in [5.74, 6) is 1.50. The molecule has 2 N–H and O–H groups in total. The molecule has 0 amide bonds. The molecule has 0 fully saturated rings. The highest BCUT2D eigenvalue weighted by molar-refractivity contribution is 7.99. The number of hydrogen-bond acceptors (Lipinski definition) is 8. The van der Waals surface area contributed by atoms with Gasteiger partial charge in [-0.2, -0.15) is 9.78 Å². The summed E-state index contributed by atoms with van der Waals surface area (Å²) in [7, 11) is 1.58. The summed E-state index contributed by atoms with van der Waals surface area (Å²) in [6.07, 6.45) is 0. The highest BCUT2D eigenvalue weighted by Gasteiger charge is 2.20. The van der Waals surface area contributed by atoms with Gasteiger partial charge in [-0.1, -0.05) is 42.1 Å². The molecule has 0 saturated carbocycles. The van der Waals surface area contributed by atoms with Crippen LogP contribution in [-0.4, -0.2) is 43.5 Å². The first-order valence-corrected chi connectivity index (χ1v) is 9.73. The van der Waals surface area contributed by atoms with Gasteiger partial charge in [0.15, 0.2) is 5.69 Å². The van der Waals surface area contributed by atoms with E-state index < -0.39 is 0 Å². The van der Waals surface area contributed by atoms with Gasteiger partial charge < -0.3 is 14.8 Å². The van der Waals surface area contributed by atoms with Gasteiger partial charge >= 0.3 is 0 Å². The number of azo groups is 1. The minimum Gasteiger partial charge on any atom is -0.497 e. The number of aromatic hydroxyl groups is 1. The highest BCUT2D eigenvalue weighted by atomic mass is 32.2. The second-order valence-electron chi connectivity index (χ2n) is 6.23. The Balaban J connectivity index is 1.53. The van der Waals surface area contributed by atoms with Crippen molar-refractivity contribution in [3.8, 4) is 11.6 Å². The van der Waals surface area contributed by atoms with Gasteiger partial charge in [-0.05, 0) is 23.8 Å². The normalized spacial score (nSPS) is 13.6. The van der Waals surface area contributed by atoms with Crippen LogP contribution in [0.25, 0.3) is 10.9 Å². The van der Waals surface area contributed by atoms with Gasteiger partial charge in [0.1, 0.15) is 5.75 Å². The van der Waals surface area contributed by atoms with Crippen LogP contribution in [0.5, 0.6) is 11.6 Å². The zero-order valence-electron chi connectivity index (χ0n) is 15.3. The first-order chi connectivity index (χ1) is 14.2. The maximum atomic E-state index is 10.2. The predicted molar refractivity (Wildman–Crippen MR) is 110 cm³/mol. The maximum absolute atomic E-state index is 10.2. The number of aromatic amines is 1. The Labute approximate surface area is 169 Å². The first-order valence-electron chi connectivity index (χ1n) is 8.75. The minimum atomic E-state index is -0.0850. The third kappa shape index (κ3) is 3.13. The molecule has 9 nitrogen and oxygen atoms in total. The molecule has 1 aliphatic heterocycles. The van der Waals surface area contributed by atoms with Crippen molar-refractivity contribution in [1.82, 2.24) is 19.9 Å². The standard InChI is InChI=1S/C19H15N7O2S/c1-28-12-7-8-14-13(9-12)16(17(27)20-14)21-22-18-23-24-19-26(18)25-15(10-29-19)11-5-3-2-4-6-11/h2-9,20,27H,10H2,1H3. The molecule has 29 heavy (non-hydrogen) atoms. The molecule has 1 aliphatic rings. The molecule has 0 bridgehead atoms. The number of hydrogen-bond donors (Lipinski definition) is 2. The molecule has 0 spiro atoms. The Hall–Kier alpha value is -3.66. The third-order valence-electron chi connectivity index (χ3n) is 4.46. The minimum absolute atomic E-state index is 0.0850. The molecular weight excluding hydrogens is 390 g/mol. The number of nitrogens with one attached hydrogen (secondary N) is 1. The highest BCUT2D eigenvalue weighted by Crippen LogP contribution is 2.38. The van der Waals surface area contributed by atoms with E-state index in [1.807, 2.05) is 30.3 Å². The second-order valence-corrected chi connectivity index (χ2v) is 7.17. The van der Waals surface area contributed by atoms with E-state index in [1.165, 1.54) is 11.8 Å². The van der Waals surface area contributed by atoms with E-state index >= 15 is 0 Å². The number of ether oxygens (including phenoxy) is 1. The number of aromatic nitrogens is 4. The summed E-state index contributed by atoms with van der Waals surface area (Å²) in [4.78, 5) is 2.87. The lowest BCUT2D eigenvalue weighted by molar-refractivity contribution is 0.415. The smallest absolute Gasteiger partial charge is 0.291 e. The SMILES string of the molecule is COc1ccc2[nH]c(O)c(N=Nc3nnc4n3N=C(c3ccccc3)CS4)c2c1. The maximum Gasteiger partial charge on any atom is 0.291 e. The van der Waals surface area contributed by atoms with Crippen LogP contribution in [0.2, 0.25) is 0 Å². The molecular formula is C19H15N7O2S. The van der Waals surface area contributed by atoms with Crippen LogP contribution in [-0.2, 0) is 0 Å². The molecule has 5 rings (SSSR count). The van der Waals surface area contributed by atoms with Gasteiger partial charge in [-0.25, -0.2) is 0 Å². The summed E-state index contributed by atoms with van der Waals surface area (Å²) < 4.78 is 6.81. The van der Waals surface area contributed by atoms with E-state index in [1.54, 1.807) is 30.0 Å². The van der Waals surface area contributed by atoms with Crippen molar-refractivity contribution in [2.45, 2.75) is 5.16 Å². The Morgan fingerprint density at radius 3 is 2.83 bits per heavy atom. The largest absolute Gasteiger partial charge is 0.497 e. The lowest BCUT2D eigenvalue weighted by Crippen LogP contribution is -2.12. The van der Waals surface area contributed by atoms with E-state index in [0.29, 0.717) is 27.7 Å². The Bertz CT molecular complexity index is 1260. The molecule has 0 aliphatic carbocycles. The molecule has 0 radical (unpaired) electrons. The Morgan fingerprint density at radius 1 is 1.14 bits per heavy atom. The first kappa shape index (κ1) is 17.4. The number of thioether (sulfide) groups is 1. The van der Waals surface area contributed by atoms with Crippen molar-refractivity contribution in [1.29, 1.82) is 0 Å². The zero-order valence-corrected chi connectivity index (χ0v) is 16.1. The molecule has 2 aromatic carbocycles. The number of fused-ring (bicyclic) bond motifs is 2. The fourth-order valence-corrected chi connectivity index (χ4v) is 3.85. The fourth-order valence-electron chi connectivity index (χ4n) is 3.02. The average molecular weight is 405 g/mol. The van der Waals surface area contributed by atoms with Crippen LogP contribution in [0.3, 0.4) is 0 Å². The van der Waals surface area contributed by atoms with Crippen molar-refractivity contribution in [2.75, 3.05) is 12.9 Å². The van der Waals surface area contributed by atoms with Crippen molar-refractivity contribution in [3.63, 3.8) is 0 Å². The van der Waals surface area contributed by atoms with Gasteiger partial charge in [0.2, 0.25) is 11.0 Å². The number of nitrogens with zero attached hydrogens (tertiary/aromatic N) is 6. The summed E-state index contributed by atoms with van der Waals surface area (Å²) in [5.41, 5.74) is 2.95. The van der Waals surface area contributed by atoms with Crippen LogP contribution >= 0.6 is 11.8 Å². The van der Waals surface area contributed by atoms with Crippen LogP contribution in [0, 0.1) is 0 Å². The van der Waals surface area contributed by atoms with Gasteiger partial charge in [0.05, 0.1) is 18.3 Å². The van der Waals surface area contributed by atoms with Crippen molar-refractivity contribution < 1.29 is 9.84 Å². The monoisotopic (exact) mass is 405 g/mol. The predicted octanol–water partition coefficient (Wildman–Crippen LogP) is 4.25. The van der Waals surface area contributed by atoms with Crippen molar-refractivity contribution >= 4 is 40.0 Å². The molecule has 2 aromatic heterocycles. The molecule has 3 heterocycles. The zero-order chi connectivity index (χ0) is 19.8. The van der Waals surface area contributed by atoms with E-state index in [-0.39, 0.29) is 11.8 Å². The summed E-state index contributed by atoms with van der Waals surface area (Å²) in [5, 5.41) is 32.8. The molecule has 10 heteroatoms. The fraction of sp³-hybridized carbons (Fsp3) is 0.105. The molecule has 0 saturated heterocycles. The summed E-state index contributed by atoms with van der Waals surface area (Å²) >= 11 is 1.53. The van der Waals surface area contributed by atoms with E-state index in [0.717, 1.165) is 16.8 Å². The lowest BCUT2D eigenvalue weighted by atomic mass is 10.1.